The van der Waals surface area contributed by atoms with Gasteiger partial charge in [0, 0.05) is 0 Å². The van der Waals surface area contributed by atoms with Crippen LogP contribution < -0.4 is 0 Å². The zero-order valence-electron chi connectivity index (χ0n) is 11.7. The van der Waals surface area contributed by atoms with Crippen molar-refractivity contribution in [3.8, 4) is 0 Å². The molecule has 2 rings (SSSR count). The first kappa shape index (κ1) is 17.9. The van der Waals surface area contributed by atoms with Crippen LogP contribution in [0.1, 0.15) is 0 Å². The van der Waals surface area contributed by atoms with Gasteiger partial charge in [-0.15, -0.1) is 0 Å². The van der Waals surface area contributed by atoms with E-state index in [0.29, 0.717) is 0 Å². The van der Waals surface area contributed by atoms with Crippen LogP contribution in [0.3, 0.4) is 0 Å². The van der Waals surface area contributed by atoms with Crippen molar-refractivity contribution in [3.05, 3.63) is 11.5 Å². The number of ether oxygens (including phenoxy) is 3. The first-order valence-corrected chi connectivity index (χ1v) is 6.72. The van der Waals surface area contributed by atoms with Gasteiger partial charge < -0.3 is 50.0 Å². The molecule has 5 unspecified atom stereocenters. The van der Waals surface area contributed by atoms with Crippen molar-refractivity contribution in [2.75, 3.05) is 13.2 Å². The number of aliphatic hydroxyl groups is 7. The summed E-state index contributed by atoms with van der Waals surface area (Å²) >= 11 is 0. The normalized spacial score (nSPS) is 39.3. The van der Waals surface area contributed by atoms with Crippen LogP contribution >= 0.6 is 0 Å². The van der Waals surface area contributed by atoms with Crippen molar-refractivity contribution < 1.29 is 54.8 Å². The summed E-state index contributed by atoms with van der Waals surface area (Å²) in [6.07, 6.45) is -11.2. The fourth-order valence-electron chi connectivity index (χ4n) is 2.20. The van der Waals surface area contributed by atoms with Crippen LogP contribution in [0.25, 0.3) is 0 Å². The SMILES string of the molecule is O=C1OC(C(O)CO)C(O)=C1O[C@@H]1OC(CO)[C@H](O)C(O)C1O. The van der Waals surface area contributed by atoms with Gasteiger partial charge in [0.05, 0.1) is 13.2 Å². The molecule has 0 aliphatic carbocycles. The van der Waals surface area contributed by atoms with E-state index in [2.05, 4.69) is 4.74 Å². The third kappa shape index (κ3) is 3.26. The zero-order valence-corrected chi connectivity index (χ0v) is 11.7. The Morgan fingerprint density at radius 2 is 1.78 bits per heavy atom. The molecule has 0 radical (unpaired) electrons. The predicted octanol–water partition coefficient (Wildman–Crippen LogP) is -4.15. The van der Waals surface area contributed by atoms with Gasteiger partial charge in [-0.25, -0.2) is 4.79 Å². The highest BCUT2D eigenvalue weighted by atomic mass is 16.7. The van der Waals surface area contributed by atoms with Gasteiger partial charge in [-0.1, -0.05) is 0 Å². The van der Waals surface area contributed by atoms with Gasteiger partial charge in [-0.3, -0.25) is 0 Å². The molecule has 0 aromatic rings. The Morgan fingerprint density at radius 1 is 1.13 bits per heavy atom. The van der Waals surface area contributed by atoms with E-state index >= 15 is 0 Å². The van der Waals surface area contributed by atoms with Crippen molar-refractivity contribution in [2.45, 2.75) is 42.9 Å². The number of hydrogen-bond donors (Lipinski definition) is 7. The van der Waals surface area contributed by atoms with Gasteiger partial charge in [0.15, 0.2) is 11.9 Å². The first-order chi connectivity index (χ1) is 10.8. The smallest absolute Gasteiger partial charge is 0.378 e. The Labute approximate surface area is 129 Å². The molecule has 11 nitrogen and oxygen atoms in total. The lowest BCUT2D eigenvalue weighted by atomic mass is 9.99. The minimum absolute atomic E-state index is 0.702. The minimum atomic E-state index is -1.79. The first-order valence-electron chi connectivity index (χ1n) is 6.72. The molecular formula is C12H18O11. The quantitative estimate of drug-likeness (QED) is 0.241. The van der Waals surface area contributed by atoms with Gasteiger partial charge in [0.2, 0.25) is 12.0 Å². The second-order valence-electron chi connectivity index (χ2n) is 5.11. The van der Waals surface area contributed by atoms with Gasteiger partial charge in [0.1, 0.15) is 30.5 Å². The highest BCUT2D eigenvalue weighted by Crippen LogP contribution is 2.29. The summed E-state index contributed by atoms with van der Waals surface area (Å²) in [4.78, 5) is 11.6. The van der Waals surface area contributed by atoms with Crippen molar-refractivity contribution >= 4 is 5.97 Å². The van der Waals surface area contributed by atoms with Gasteiger partial charge in [-0.2, -0.15) is 0 Å². The average molecular weight is 338 g/mol. The van der Waals surface area contributed by atoms with Crippen molar-refractivity contribution in [1.29, 1.82) is 0 Å². The molecule has 0 aromatic carbocycles. The van der Waals surface area contributed by atoms with Crippen LogP contribution in [-0.2, 0) is 19.0 Å². The van der Waals surface area contributed by atoms with Gasteiger partial charge in [-0.05, 0) is 0 Å². The number of cyclic esters (lactones) is 1. The number of rotatable bonds is 5. The Bertz CT molecular complexity index is 476. The fourth-order valence-corrected chi connectivity index (χ4v) is 2.20. The van der Waals surface area contributed by atoms with Gasteiger partial charge in [0.25, 0.3) is 0 Å². The molecule has 1 saturated heterocycles. The maximum absolute atomic E-state index is 11.6. The Hall–Kier alpha value is -1.47. The molecular weight excluding hydrogens is 320 g/mol. The standard InChI is InChI=1S/C12H18O11/c13-1-3(15)9-8(19)10(11(20)22-9)23-12-7(18)6(17)5(16)4(2-14)21-12/h3-7,9,12-19H,1-2H2/t3?,4?,5-,6?,7?,9?,12-/m0/s1. The molecule has 11 heteroatoms. The molecule has 23 heavy (non-hydrogen) atoms. The van der Waals surface area contributed by atoms with E-state index in [-0.39, 0.29) is 0 Å². The molecule has 0 aromatic heterocycles. The van der Waals surface area contributed by atoms with Crippen molar-refractivity contribution in [1.82, 2.24) is 0 Å². The van der Waals surface area contributed by atoms with E-state index in [0.717, 1.165) is 0 Å². The Morgan fingerprint density at radius 3 is 2.35 bits per heavy atom. The Balaban J connectivity index is 2.16. The maximum atomic E-state index is 11.6. The van der Waals surface area contributed by atoms with Crippen LogP contribution in [0.15, 0.2) is 11.5 Å². The summed E-state index contributed by atoms with van der Waals surface area (Å²) in [5, 5.41) is 66.1. The fraction of sp³-hybridized carbons (Fsp3) is 0.750. The van der Waals surface area contributed by atoms with Crippen LogP contribution in [-0.4, -0.2) is 97.8 Å². The molecule has 132 valence electrons. The monoisotopic (exact) mass is 338 g/mol. The number of hydrogen-bond acceptors (Lipinski definition) is 11. The lowest BCUT2D eigenvalue weighted by Gasteiger charge is -2.39. The van der Waals surface area contributed by atoms with Crippen molar-refractivity contribution in [3.63, 3.8) is 0 Å². The van der Waals surface area contributed by atoms with Crippen LogP contribution in [0.2, 0.25) is 0 Å². The third-order valence-electron chi connectivity index (χ3n) is 3.54. The molecule has 0 saturated carbocycles. The number of carbonyl (C=O) groups is 1. The van der Waals surface area contributed by atoms with Crippen LogP contribution in [0, 0.1) is 0 Å². The largest absolute Gasteiger partial charge is 0.505 e. The second kappa shape index (κ2) is 6.97. The topological polar surface area (TPSA) is 186 Å². The average Bonchev–Trinajstić information content (AvgIpc) is 2.82. The molecule has 2 heterocycles. The number of esters is 1. The molecule has 0 amide bonds. The molecule has 2 aliphatic rings. The van der Waals surface area contributed by atoms with E-state index in [4.69, 9.17) is 19.7 Å². The second-order valence-corrected chi connectivity index (χ2v) is 5.11. The van der Waals surface area contributed by atoms with E-state index in [1.54, 1.807) is 0 Å². The molecule has 0 bridgehead atoms. The summed E-state index contributed by atoms with van der Waals surface area (Å²) in [5.41, 5.74) is 0. The number of carbonyl (C=O) groups excluding carboxylic acids is 1. The summed E-state index contributed by atoms with van der Waals surface area (Å²) in [6, 6.07) is 0. The van der Waals surface area contributed by atoms with Crippen molar-refractivity contribution in [2.24, 2.45) is 0 Å². The predicted molar refractivity (Wildman–Crippen MR) is 67.5 cm³/mol. The van der Waals surface area contributed by atoms with E-state index < -0.39 is 73.6 Å². The van der Waals surface area contributed by atoms with E-state index in [1.165, 1.54) is 0 Å². The zero-order chi connectivity index (χ0) is 17.3. The summed E-state index contributed by atoms with van der Waals surface area (Å²) < 4.78 is 14.6. The lowest BCUT2D eigenvalue weighted by molar-refractivity contribution is -0.291. The summed E-state index contributed by atoms with van der Waals surface area (Å²) in [5.74, 6) is -2.79. The molecule has 0 spiro atoms. The van der Waals surface area contributed by atoms with Gasteiger partial charge >= 0.3 is 5.97 Å². The molecule has 7 atom stereocenters. The Kier molecular flexibility index (Phi) is 5.41. The molecule has 7 N–H and O–H groups in total. The van der Waals surface area contributed by atoms with E-state index in [9.17, 15) is 30.3 Å². The molecule has 1 fully saturated rings. The summed E-state index contributed by atoms with van der Waals surface area (Å²) in [6.45, 7) is -1.50. The highest BCUT2D eigenvalue weighted by Gasteiger charge is 2.48. The minimum Gasteiger partial charge on any atom is -0.505 e. The molecule has 2 aliphatic heterocycles. The third-order valence-corrected chi connectivity index (χ3v) is 3.54. The highest BCUT2D eigenvalue weighted by molar-refractivity contribution is 5.89. The van der Waals surface area contributed by atoms with Crippen LogP contribution in [0.4, 0.5) is 0 Å². The maximum Gasteiger partial charge on any atom is 0.378 e. The van der Waals surface area contributed by atoms with E-state index in [1.807, 2.05) is 0 Å². The van der Waals surface area contributed by atoms with Crippen LogP contribution in [0.5, 0.6) is 0 Å². The summed E-state index contributed by atoms with van der Waals surface area (Å²) in [7, 11) is 0. The number of aliphatic hydroxyl groups excluding tert-OH is 7. The lowest BCUT2D eigenvalue weighted by Crippen LogP contribution is -2.59.